The van der Waals surface area contributed by atoms with E-state index in [1.807, 2.05) is 6.79 Å². The van der Waals surface area contributed by atoms with Gasteiger partial charge >= 0.3 is 0 Å². The highest BCUT2D eigenvalue weighted by atomic mass is 31.0. The maximum atomic E-state index is 15.0. The molecule has 9 heteroatoms. The molecule has 1 aliphatic rings. The second kappa shape index (κ2) is 12.5. The average Bonchev–Trinajstić information content (AvgIpc) is 3.55. The zero-order valence-corrected chi connectivity index (χ0v) is 19.3. The Morgan fingerprint density at radius 3 is 2.35 bits per heavy atom. The second-order valence-corrected chi connectivity index (χ2v) is 7.69. The van der Waals surface area contributed by atoms with E-state index < -0.39 is 11.6 Å². The minimum Gasteiger partial charge on any atom is -0.494 e. The van der Waals surface area contributed by atoms with Gasteiger partial charge < -0.3 is 30.4 Å². The van der Waals surface area contributed by atoms with Crippen LogP contribution in [0.2, 0.25) is 0 Å². The van der Waals surface area contributed by atoms with Gasteiger partial charge in [-0.25, -0.2) is 8.78 Å². The summed E-state index contributed by atoms with van der Waals surface area (Å²) >= 11 is 0. The summed E-state index contributed by atoms with van der Waals surface area (Å²) in [6, 6.07) is 6.36. The van der Waals surface area contributed by atoms with Crippen LogP contribution < -0.4 is 20.7 Å². The molecule has 0 aromatic heterocycles. The van der Waals surface area contributed by atoms with Crippen molar-refractivity contribution >= 4 is 38.4 Å². The van der Waals surface area contributed by atoms with Gasteiger partial charge in [-0.05, 0) is 56.4 Å². The number of rotatable bonds is 8. The number of carbonyl (C=O) groups is 1. The molecule has 1 unspecified atom stereocenters. The quantitative estimate of drug-likeness (QED) is 0.454. The fraction of sp³-hybridized carbons (Fsp3) is 0.409. The van der Waals surface area contributed by atoms with Crippen LogP contribution in [-0.4, -0.2) is 43.4 Å². The Morgan fingerprint density at radius 1 is 1.19 bits per heavy atom. The minimum absolute atomic E-state index is 0.110. The molecule has 1 aliphatic carbocycles. The average molecular weight is 456 g/mol. The molecule has 1 saturated carbocycles. The molecule has 4 N–H and O–H groups in total. The molecule has 0 radical (unpaired) electrons. The number of carbonyl (C=O) groups excluding carboxylic acids is 1. The largest absolute Gasteiger partial charge is 0.494 e. The smallest absolute Gasteiger partial charge is 0.156 e. The number of benzene rings is 2. The van der Waals surface area contributed by atoms with Gasteiger partial charge in [-0.15, -0.1) is 9.24 Å². The van der Waals surface area contributed by atoms with Gasteiger partial charge in [-0.3, -0.25) is 0 Å². The molecule has 0 aliphatic heterocycles. The minimum atomic E-state index is -0.485. The fourth-order valence-corrected chi connectivity index (χ4v) is 3.48. The number of nitrogens with one attached hydrogen (secondary N) is 2. The molecule has 1 atom stereocenters. The van der Waals surface area contributed by atoms with E-state index in [1.165, 1.54) is 13.2 Å². The van der Waals surface area contributed by atoms with Crippen molar-refractivity contribution in [3.05, 3.63) is 41.5 Å². The third-order valence-electron chi connectivity index (χ3n) is 4.92. The summed E-state index contributed by atoms with van der Waals surface area (Å²) in [5.74, 6) is -0.456. The first kappa shape index (κ1) is 26.8. The highest BCUT2D eigenvalue weighted by molar-refractivity contribution is 7.27. The Labute approximate surface area is 184 Å². The first-order valence-corrected chi connectivity index (χ1v) is 10.3. The Kier molecular flexibility index (Phi) is 10.8. The van der Waals surface area contributed by atoms with Gasteiger partial charge in [0.25, 0.3) is 0 Å². The summed E-state index contributed by atoms with van der Waals surface area (Å²) in [5, 5.41) is 22.8. The molecule has 0 spiro atoms. The van der Waals surface area contributed by atoms with Crippen molar-refractivity contribution in [3.8, 4) is 5.75 Å². The van der Waals surface area contributed by atoms with E-state index in [9.17, 15) is 8.78 Å². The molecular formula is C22H31F2N2O4P. The van der Waals surface area contributed by atoms with Crippen LogP contribution in [0, 0.1) is 18.6 Å². The normalized spacial score (nSPS) is 13.2. The van der Waals surface area contributed by atoms with Gasteiger partial charge in [0.2, 0.25) is 0 Å². The van der Waals surface area contributed by atoms with Crippen LogP contribution in [0.5, 0.6) is 5.75 Å². The van der Waals surface area contributed by atoms with Gasteiger partial charge in [0, 0.05) is 24.6 Å². The van der Waals surface area contributed by atoms with Crippen LogP contribution in [0.25, 0.3) is 0 Å². The summed E-state index contributed by atoms with van der Waals surface area (Å²) in [6.45, 7) is 3.91. The molecule has 0 saturated heterocycles. The Morgan fingerprint density at radius 2 is 1.84 bits per heavy atom. The van der Waals surface area contributed by atoms with Crippen LogP contribution in [0.1, 0.15) is 31.2 Å². The first-order valence-electron chi connectivity index (χ1n) is 9.71. The van der Waals surface area contributed by atoms with E-state index in [2.05, 4.69) is 19.9 Å². The molecule has 6 nitrogen and oxygen atoms in total. The number of hydrogen-bond donors (Lipinski definition) is 4. The van der Waals surface area contributed by atoms with E-state index in [0.29, 0.717) is 23.2 Å². The molecule has 31 heavy (non-hydrogen) atoms. The lowest BCUT2D eigenvalue weighted by atomic mass is 10.1. The van der Waals surface area contributed by atoms with E-state index in [1.54, 1.807) is 25.1 Å². The predicted octanol–water partition coefficient (Wildman–Crippen LogP) is 3.67. The Balaban J connectivity index is 0.00000113. The van der Waals surface area contributed by atoms with Crippen LogP contribution in [-0.2, 0) is 4.79 Å². The van der Waals surface area contributed by atoms with Crippen molar-refractivity contribution in [2.45, 2.75) is 38.1 Å². The van der Waals surface area contributed by atoms with Crippen molar-refractivity contribution in [1.82, 2.24) is 0 Å². The van der Waals surface area contributed by atoms with Crippen molar-refractivity contribution in [1.29, 1.82) is 0 Å². The summed E-state index contributed by atoms with van der Waals surface area (Å²) < 4.78 is 34.8. The molecular weight excluding hydrogens is 425 g/mol. The van der Waals surface area contributed by atoms with Crippen LogP contribution >= 0.6 is 9.24 Å². The van der Waals surface area contributed by atoms with E-state index in [-0.39, 0.29) is 23.5 Å². The maximum absolute atomic E-state index is 15.0. The third-order valence-corrected chi connectivity index (χ3v) is 5.34. The maximum Gasteiger partial charge on any atom is 0.156 e. The topological polar surface area (TPSA) is 90.8 Å². The molecule has 2 aromatic rings. The fourth-order valence-electron chi connectivity index (χ4n) is 3.18. The van der Waals surface area contributed by atoms with Crippen LogP contribution in [0.15, 0.2) is 24.3 Å². The number of aryl methyl sites for hydroxylation is 1. The molecule has 0 heterocycles. The van der Waals surface area contributed by atoms with Crippen molar-refractivity contribution < 1.29 is 28.5 Å². The first-order chi connectivity index (χ1) is 14.9. The lowest BCUT2D eigenvalue weighted by Gasteiger charge is -2.24. The van der Waals surface area contributed by atoms with Crippen molar-refractivity contribution in [2.24, 2.45) is 0 Å². The molecule has 0 amide bonds. The summed E-state index contributed by atoms with van der Waals surface area (Å²) in [6.07, 6.45) is 3.29. The monoisotopic (exact) mass is 456 g/mol. The molecule has 3 rings (SSSR count). The zero-order chi connectivity index (χ0) is 23.6. The van der Waals surface area contributed by atoms with E-state index in [0.717, 1.165) is 31.9 Å². The Hall–Kier alpha value is -2.28. The zero-order valence-electron chi connectivity index (χ0n) is 18.1. The van der Waals surface area contributed by atoms with Gasteiger partial charge in [0.15, 0.2) is 5.82 Å². The SMILES string of the molecule is C=O.CO.COc1cc(P)c(F)c(Nc2ccc(C)cc2F)c1NC1(CCCO)CC1. The molecule has 2 aromatic carbocycles. The van der Waals surface area contributed by atoms with Crippen molar-refractivity contribution in [2.75, 3.05) is 31.5 Å². The van der Waals surface area contributed by atoms with Gasteiger partial charge in [-0.2, -0.15) is 0 Å². The van der Waals surface area contributed by atoms with Gasteiger partial charge in [0.05, 0.1) is 12.8 Å². The van der Waals surface area contributed by atoms with Gasteiger partial charge in [0.1, 0.15) is 29.7 Å². The standard InChI is InChI=1S/C20H25F2N2O2P.CH4O.CH2O/c1-12-4-5-14(13(21)10-12)23-19-17(22)16(27)11-15(26-2)18(19)24-20(7-8-20)6-3-9-25;2*1-2/h4-5,10-11,23-25H,3,6-9,27H2,1-2H3;2H,1H3;1H2. The highest BCUT2D eigenvalue weighted by Crippen LogP contribution is 2.47. The molecule has 172 valence electrons. The Bertz CT molecular complexity index is 864. The second-order valence-electron chi connectivity index (χ2n) is 7.07. The number of anilines is 3. The number of halogens is 2. The number of aliphatic hydroxyl groups is 2. The van der Waals surface area contributed by atoms with Crippen LogP contribution in [0.3, 0.4) is 0 Å². The lowest BCUT2D eigenvalue weighted by Crippen LogP contribution is -2.24. The number of hydrogen-bond acceptors (Lipinski definition) is 6. The number of ether oxygens (including phenoxy) is 1. The number of aliphatic hydroxyl groups excluding tert-OH is 2. The molecule has 1 fully saturated rings. The van der Waals surface area contributed by atoms with E-state index >= 15 is 0 Å². The predicted molar refractivity (Wildman–Crippen MR) is 124 cm³/mol. The summed E-state index contributed by atoms with van der Waals surface area (Å²) in [4.78, 5) is 8.00. The van der Waals surface area contributed by atoms with Gasteiger partial charge in [-0.1, -0.05) is 6.07 Å². The van der Waals surface area contributed by atoms with E-state index in [4.69, 9.17) is 19.7 Å². The van der Waals surface area contributed by atoms with Crippen LogP contribution in [0.4, 0.5) is 25.8 Å². The number of methoxy groups -OCH3 is 1. The third kappa shape index (κ3) is 6.86. The summed E-state index contributed by atoms with van der Waals surface area (Å²) in [7, 11) is 4.86. The highest BCUT2D eigenvalue weighted by Gasteiger charge is 2.43. The summed E-state index contributed by atoms with van der Waals surface area (Å²) in [5.41, 5.74) is 1.41. The molecule has 0 bridgehead atoms. The van der Waals surface area contributed by atoms with Crippen molar-refractivity contribution in [3.63, 3.8) is 0 Å². The lowest BCUT2D eigenvalue weighted by molar-refractivity contribution is -0.0980.